The van der Waals surface area contributed by atoms with E-state index in [0.29, 0.717) is 5.75 Å². The van der Waals surface area contributed by atoms with Crippen molar-refractivity contribution in [2.45, 2.75) is 33.6 Å². The second-order valence-electron chi connectivity index (χ2n) is 6.96. The van der Waals surface area contributed by atoms with Crippen LogP contribution in [0.15, 0.2) is 42.5 Å². The Hall–Kier alpha value is -3.35. The molecule has 0 aliphatic heterocycles. The lowest BCUT2D eigenvalue weighted by Crippen LogP contribution is -2.24. The maximum Gasteiger partial charge on any atom is 0.344 e. The molecule has 7 heteroatoms. The standard InChI is InChI=1S/C23H27NO6/c1-5-28-23(27)18-8-6-7-9-19(18)24-21(25)13-30-22(26)14-29-20-12-16(4)10-11-17(20)15(2)3/h6-12,15H,5,13-14H2,1-4H3,(H,24,25). The molecule has 0 radical (unpaired) electrons. The zero-order valence-corrected chi connectivity index (χ0v) is 17.7. The molecule has 7 nitrogen and oxygen atoms in total. The molecular formula is C23H27NO6. The Morgan fingerprint density at radius 2 is 1.73 bits per heavy atom. The summed E-state index contributed by atoms with van der Waals surface area (Å²) in [5.74, 6) is -0.923. The fourth-order valence-electron chi connectivity index (χ4n) is 2.73. The van der Waals surface area contributed by atoms with Crippen LogP contribution in [0.4, 0.5) is 5.69 Å². The van der Waals surface area contributed by atoms with Gasteiger partial charge in [-0.25, -0.2) is 9.59 Å². The zero-order valence-electron chi connectivity index (χ0n) is 17.7. The number of carbonyl (C=O) groups excluding carboxylic acids is 3. The zero-order chi connectivity index (χ0) is 22.1. The highest BCUT2D eigenvalue weighted by atomic mass is 16.6. The molecule has 0 spiro atoms. The molecule has 0 aliphatic rings. The first kappa shape index (κ1) is 22.9. The van der Waals surface area contributed by atoms with Gasteiger partial charge in [0.15, 0.2) is 13.2 Å². The van der Waals surface area contributed by atoms with E-state index in [-0.39, 0.29) is 30.4 Å². The Labute approximate surface area is 176 Å². The van der Waals surface area contributed by atoms with Crippen LogP contribution < -0.4 is 10.1 Å². The molecule has 0 unspecified atom stereocenters. The van der Waals surface area contributed by atoms with Gasteiger partial charge >= 0.3 is 11.9 Å². The largest absolute Gasteiger partial charge is 0.482 e. The predicted octanol–water partition coefficient (Wildman–Crippen LogP) is 3.86. The van der Waals surface area contributed by atoms with Gasteiger partial charge in [-0.3, -0.25) is 4.79 Å². The van der Waals surface area contributed by atoms with Crippen molar-refractivity contribution in [3.63, 3.8) is 0 Å². The van der Waals surface area contributed by atoms with Crippen LogP contribution in [0.5, 0.6) is 5.75 Å². The molecule has 30 heavy (non-hydrogen) atoms. The molecule has 0 fully saturated rings. The first-order valence-corrected chi connectivity index (χ1v) is 9.76. The molecule has 1 N–H and O–H groups in total. The molecule has 1 amide bonds. The van der Waals surface area contributed by atoms with Crippen molar-refractivity contribution in [2.75, 3.05) is 25.1 Å². The summed E-state index contributed by atoms with van der Waals surface area (Å²) >= 11 is 0. The first-order valence-electron chi connectivity index (χ1n) is 9.76. The fraction of sp³-hybridized carbons (Fsp3) is 0.348. The highest BCUT2D eigenvalue weighted by Gasteiger charge is 2.16. The highest BCUT2D eigenvalue weighted by molar-refractivity contribution is 6.01. The lowest BCUT2D eigenvalue weighted by Gasteiger charge is -2.14. The topological polar surface area (TPSA) is 90.9 Å². The van der Waals surface area contributed by atoms with Gasteiger partial charge in [0.05, 0.1) is 17.9 Å². The van der Waals surface area contributed by atoms with E-state index in [1.54, 1.807) is 31.2 Å². The number of nitrogens with one attached hydrogen (secondary N) is 1. The Morgan fingerprint density at radius 3 is 2.43 bits per heavy atom. The van der Waals surface area contributed by atoms with Gasteiger partial charge in [0.2, 0.25) is 0 Å². The number of aryl methyl sites for hydroxylation is 1. The minimum Gasteiger partial charge on any atom is -0.482 e. The summed E-state index contributed by atoms with van der Waals surface area (Å²) in [6.45, 7) is 7.12. The van der Waals surface area contributed by atoms with Crippen molar-refractivity contribution < 1.29 is 28.6 Å². The van der Waals surface area contributed by atoms with Crippen LogP contribution in [0, 0.1) is 6.92 Å². The van der Waals surface area contributed by atoms with E-state index in [0.717, 1.165) is 11.1 Å². The van der Waals surface area contributed by atoms with Crippen molar-refractivity contribution in [2.24, 2.45) is 0 Å². The van der Waals surface area contributed by atoms with Crippen LogP contribution in [0.25, 0.3) is 0 Å². The van der Waals surface area contributed by atoms with E-state index in [4.69, 9.17) is 14.2 Å². The summed E-state index contributed by atoms with van der Waals surface area (Å²) in [5.41, 5.74) is 2.52. The Bertz CT molecular complexity index is 906. The molecule has 0 saturated heterocycles. The first-order chi connectivity index (χ1) is 14.3. The number of anilines is 1. The van der Waals surface area contributed by atoms with Crippen LogP contribution in [-0.4, -0.2) is 37.7 Å². The second kappa shape index (κ2) is 11.0. The quantitative estimate of drug-likeness (QED) is 0.628. The normalized spacial score (nSPS) is 10.4. The van der Waals surface area contributed by atoms with Crippen LogP contribution in [-0.2, 0) is 19.1 Å². The summed E-state index contributed by atoms with van der Waals surface area (Å²) in [6.07, 6.45) is 0. The maximum absolute atomic E-state index is 12.1. The Balaban J connectivity index is 1.88. The lowest BCUT2D eigenvalue weighted by atomic mass is 10.0. The minimum absolute atomic E-state index is 0.220. The second-order valence-corrected chi connectivity index (χ2v) is 6.96. The number of benzene rings is 2. The number of amides is 1. The highest BCUT2D eigenvalue weighted by Crippen LogP contribution is 2.27. The summed E-state index contributed by atoms with van der Waals surface area (Å²) in [6, 6.07) is 12.3. The van der Waals surface area contributed by atoms with E-state index < -0.39 is 24.5 Å². The van der Waals surface area contributed by atoms with Crippen molar-refractivity contribution >= 4 is 23.5 Å². The molecule has 0 atom stereocenters. The number of ether oxygens (including phenoxy) is 3. The average Bonchev–Trinajstić information content (AvgIpc) is 2.71. The van der Waals surface area contributed by atoms with Crippen molar-refractivity contribution in [1.29, 1.82) is 0 Å². The smallest absolute Gasteiger partial charge is 0.344 e. The number of hydrogen-bond donors (Lipinski definition) is 1. The van der Waals surface area contributed by atoms with Crippen LogP contribution in [0.1, 0.15) is 48.2 Å². The average molecular weight is 413 g/mol. The Kier molecular flexibility index (Phi) is 8.41. The number of carbonyl (C=O) groups is 3. The number of para-hydroxylation sites is 1. The number of hydrogen-bond acceptors (Lipinski definition) is 6. The van der Waals surface area contributed by atoms with Gasteiger partial charge in [-0.05, 0) is 49.1 Å². The van der Waals surface area contributed by atoms with Gasteiger partial charge in [0, 0.05) is 0 Å². The maximum atomic E-state index is 12.1. The molecule has 0 heterocycles. The number of rotatable bonds is 9. The predicted molar refractivity (Wildman–Crippen MR) is 113 cm³/mol. The van der Waals surface area contributed by atoms with Gasteiger partial charge in [0.1, 0.15) is 5.75 Å². The third-order valence-electron chi connectivity index (χ3n) is 4.20. The van der Waals surface area contributed by atoms with Gasteiger partial charge in [-0.15, -0.1) is 0 Å². The van der Waals surface area contributed by atoms with Crippen molar-refractivity contribution in [3.05, 3.63) is 59.2 Å². The van der Waals surface area contributed by atoms with Crippen molar-refractivity contribution in [3.8, 4) is 5.75 Å². The SMILES string of the molecule is CCOC(=O)c1ccccc1NC(=O)COC(=O)COc1cc(C)ccc1C(C)C. The molecule has 160 valence electrons. The third-order valence-corrected chi connectivity index (χ3v) is 4.20. The molecule has 2 rings (SSSR count). The minimum atomic E-state index is -0.667. The lowest BCUT2D eigenvalue weighted by molar-refractivity contribution is -0.149. The van der Waals surface area contributed by atoms with Crippen LogP contribution in [0.2, 0.25) is 0 Å². The van der Waals surface area contributed by atoms with Crippen LogP contribution in [0.3, 0.4) is 0 Å². The van der Waals surface area contributed by atoms with E-state index in [1.165, 1.54) is 0 Å². The third kappa shape index (κ3) is 6.62. The van der Waals surface area contributed by atoms with E-state index in [1.807, 2.05) is 39.0 Å². The molecule has 0 bridgehead atoms. The summed E-state index contributed by atoms with van der Waals surface area (Å²) in [5, 5.41) is 2.55. The monoisotopic (exact) mass is 413 g/mol. The summed E-state index contributed by atoms with van der Waals surface area (Å²) in [7, 11) is 0. The molecule has 2 aromatic rings. The van der Waals surface area contributed by atoms with Gasteiger partial charge < -0.3 is 19.5 Å². The Morgan fingerprint density at radius 1 is 1.00 bits per heavy atom. The molecule has 0 aliphatic carbocycles. The van der Waals surface area contributed by atoms with E-state index in [9.17, 15) is 14.4 Å². The van der Waals surface area contributed by atoms with Gasteiger partial charge in [0.25, 0.3) is 5.91 Å². The van der Waals surface area contributed by atoms with Crippen molar-refractivity contribution in [1.82, 2.24) is 0 Å². The van der Waals surface area contributed by atoms with Gasteiger partial charge in [-0.1, -0.05) is 38.1 Å². The molecule has 2 aromatic carbocycles. The van der Waals surface area contributed by atoms with Gasteiger partial charge in [-0.2, -0.15) is 0 Å². The van der Waals surface area contributed by atoms with E-state index >= 15 is 0 Å². The van der Waals surface area contributed by atoms with E-state index in [2.05, 4.69) is 5.32 Å². The fourth-order valence-corrected chi connectivity index (χ4v) is 2.73. The molecule has 0 aromatic heterocycles. The summed E-state index contributed by atoms with van der Waals surface area (Å²) in [4.78, 5) is 36.1. The molecular weight excluding hydrogens is 386 g/mol. The number of esters is 2. The molecule has 0 saturated carbocycles. The summed E-state index contributed by atoms with van der Waals surface area (Å²) < 4.78 is 15.6. The van der Waals surface area contributed by atoms with Crippen LogP contribution >= 0.6 is 0 Å².